The number of hydrogen-bond donors (Lipinski definition) is 3. The highest BCUT2D eigenvalue weighted by molar-refractivity contribution is 5.86. The van der Waals surface area contributed by atoms with Crippen LogP contribution in [-0.2, 0) is 4.79 Å². The van der Waals surface area contributed by atoms with Crippen LogP contribution < -0.4 is 10.6 Å². The van der Waals surface area contributed by atoms with Crippen molar-refractivity contribution in [3.63, 3.8) is 0 Å². The maximum atomic E-state index is 13.2. The molecule has 0 aromatic heterocycles. The molecule has 1 aromatic carbocycles. The van der Waals surface area contributed by atoms with E-state index in [9.17, 15) is 27.9 Å². The first-order valence-corrected chi connectivity index (χ1v) is 6.48. The molecule has 1 fully saturated rings. The van der Waals surface area contributed by atoms with Crippen LogP contribution in [0.15, 0.2) is 24.3 Å². The average molecular weight is 327 g/mol. The number of benzene rings is 1. The van der Waals surface area contributed by atoms with Crippen LogP contribution in [0.25, 0.3) is 0 Å². The number of Topliss-reactive ketones (excluding diaryl/α,β-unsaturated/α-hetero) is 1. The second kappa shape index (κ2) is 5.55. The number of aliphatic hydroxyl groups is 1. The SMILES string of the molecule is CC(=O)[C@@H]1[C@H](c2ccc(C#N)cc2)NC(=O)N[C@@]1(O)C(F)(F)F. The summed E-state index contributed by atoms with van der Waals surface area (Å²) in [6, 6.07) is 4.53. The first-order chi connectivity index (χ1) is 10.6. The highest BCUT2D eigenvalue weighted by atomic mass is 19.4. The Kier molecular flexibility index (Phi) is 4.05. The lowest BCUT2D eigenvalue weighted by molar-refractivity contribution is -0.290. The third-order valence-electron chi connectivity index (χ3n) is 3.64. The average Bonchev–Trinajstić information content (AvgIpc) is 2.45. The van der Waals surface area contributed by atoms with Crippen LogP contribution in [0.1, 0.15) is 24.1 Å². The zero-order chi connectivity index (χ0) is 17.4. The number of nitrogens with zero attached hydrogens (tertiary/aromatic N) is 1. The third-order valence-corrected chi connectivity index (χ3v) is 3.64. The van der Waals surface area contributed by atoms with E-state index in [0.717, 1.165) is 6.92 Å². The summed E-state index contributed by atoms with van der Waals surface area (Å²) in [5.41, 5.74) is -3.25. The lowest BCUT2D eigenvalue weighted by Gasteiger charge is -2.44. The predicted octanol–water partition coefficient (Wildman–Crippen LogP) is 1.37. The van der Waals surface area contributed by atoms with E-state index in [1.54, 1.807) is 0 Å². The highest BCUT2D eigenvalue weighted by Crippen LogP contribution is 2.42. The molecule has 0 bridgehead atoms. The molecule has 1 aliphatic heterocycles. The number of urea groups is 1. The van der Waals surface area contributed by atoms with E-state index in [1.165, 1.54) is 29.6 Å². The van der Waals surface area contributed by atoms with Gasteiger partial charge in [-0.2, -0.15) is 18.4 Å². The molecular formula is C14H12F3N3O3. The molecule has 1 aliphatic rings. The molecule has 122 valence electrons. The minimum absolute atomic E-state index is 0.168. The van der Waals surface area contributed by atoms with Gasteiger partial charge in [-0.25, -0.2) is 4.79 Å². The number of halogens is 3. The summed E-state index contributed by atoms with van der Waals surface area (Å²) in [6.07, 6.45) is -5.24. The normalized spacial score (nSPS) is 27.6. The van der Waals surface area contributed by atoms with E-state index in [-0.39, 0.29) is 11.1 Å². The Bertz CT molecular complexity index is 681. The second-order valence-electron chi connectivity index (χ2n) is 5.16. The number of nitriles is 1. The molecule has 1 aromatic rings. The summed E-state index contributed by atoms with van der Waals surface area (Å²) in [4.78, 5) is 23.3. The number of amides is 2. The monoisotopic (exact) mass is 327 g/mol. The first-order valence-electron chi connectivity index (χ1n) is 6.48. The van der Waals surface area contributed by atoms with Crippen molar-refractivity contribution in [1.82, 2.24) is 10.6 Å². The Balaban J connectivity index is 2.53. The van der Waals surface area contributed by atoms with Gasteiger partial charge in [0.2, 0.25) is 5.72 Å². The van der Waals surface area contributed by atoms with Crippen LogP contribution in [0, 0.1) is 17.2 Å². The molecule has 23 heavy (non-hydrogen) atoms. The molecule has 0 radical (unpaired) electrons. The fourth-order valence-corrected chi connectivity index (χ4v) is 2.57. The number of ketones is 1. The zero-order valence-corrected chi connectivity index (χ0v) is 11.8. The van der Waals surface area contributed by atoms with Crippen molar-refractivity contribution in [2.24, 2.45) is 5.92 Å². The number of rotatable bonds is 2. The topological polar surface area (TPSA) is 102 Å². The van der Waals surface area contributed by atoms with Crippen LogP contribution in [0.3, 0.4) is 0 Å². The summed E-state index contributed by atoms with van der Waals surface area (Å²) < 4.78 is 39.7. The molecule has 0 aliphatic carbocycles. The van der Waals surface area contributed by atoms with Gasteiger partial charge in [0.1, 0.15) is 5.78 Å². The van der Waals surface area contributed by atoms with E-state index < -0.39 is 35.7 Å². The van der Waals surface area contributed by atoms with Gasteiger partial charge in [0.25, 0.3) is 0 Å². The Labute approximate surface area is 128 Å². The lowest BCUT2D eigenvalue weighted by Crippen LogP contribution is -2.72. The lowest BCUT2D eigenvalue weighted by atomic mass is 9.79. The zero-order valence-electron chi connectivity index (χ0n) is 11.8. The van der Waals surface area contributed by atoms with Gasteiger partial charge in [0.15, 0.2) is 0 Å². The number of carbonyl (C=O) groups excluding carboxylic acids is 2. The molecule has 6 nitrogen and oxygen atoms in total. The van der Waals surface area contributed by atoms with E-state index in [4.69, 9.17) is 5.26 Å². The number of hydrogen-bond acceptors (Lipinski definition) is 4. The molecule has 1 saturated heterocycles. The molecule has 1 heterocycles. The molecule has 0 unspecified atom stereocenters. The molecule has 9 heteroatoms. The molecule has 2 rings (SSSR count). The van der Waals surface area contributed by atoms with Crippen molar-refractivity contribution in [2.45, 2.75) is 24.9 Å². The highest BCUT2D eigenvalue weighted by Gasteiger charge is 2.65. The molecule has 0 spiro atoms. The van der Waals surface area contributed by atoms with Gasteiger partial charge in [-0.05, 0) is 24.6 Å². The van der Waals surface area contributed by atoms with Crippen molar-refractivity contribution < 1.29 is 27.9 Å². The van der Waals surface area contributed by atoms with Gasteiger partial charge >= 0.3 is 12.2 Å². The Morgan fingerprint density at radius 3 is 2.35 bits per heavy atom. The smallest absolute Gasteiger partial charge is 0.363 e. The van der Waals surface area contributed by atoms with Crippen molar-refractivity contribution in [3.05, 3.63) is 35.4 Å². The van der Waals surface area contributed by atoms with Crippen LogP contribution in [-0.4, -0.2) is 28.8 Å². The van der Waals surface area contributed by atoms with Gasteiger partial charge in [-0.15, -0.1) is 0 Å². The second-order valence-corrected chi connectivity index (χ2v) is 5.16. The van der Waals surface area contributed by atoms with Crippen LogP contribution in [0.2, 0.25) is 0 Å². The Morgan fingerprint density at radius 1 is 1.35 bits per heavy atom. The molecule has 2 amide bonds. The number of nitrogens with one attached hydrogen (secondary N) is 2. The fraction of sp³-hybridized carbons (Fsp3) is 0.357. The number of alkyl halides is 3. The summed E-state index contributed by atoms with van der Waals surface area (Å²) >= 11 is 0. The predicted molar refractivity (Wildman–Crippen MR) is 70.7 cm³/mol. The van der Waals surface area contributed by atoms with Crippen molar-refractivity contribution in [2.75, 3.05) is 0 Å². The van der Waals surface area contributed by atoms with Gasteiger partial charge < -0.3 is 15.7 Å². The summed E-state index contributed by atoms with van der Waals surface area (Å²) in [6.45, 7) is 0.900. The number of carbonyl (C=O) groups is 2. The van der Waals surface area contributed by atoms with Crippen molar-refractivity contribution in [1.29, 1.82) is 5.26 Å². The van der Waals surface area contributed by atoms with E-state index >= 15 is 0 Å². The van der Waals surface area contributed by atoms with Gasteiger partial charge in [0.05, 0.1) is 23.6 Å². The van der Waals surface area contributed by atoms with Gasteiger partial charge in [-0.3, -0.25) is 4.79 Å². The Morgan fingerprint density at radius 2 is 1.91 bits per heavy atom. The maximum Gasteiger partial charge on any atom is 0.437 e. The summed E-state index contributed by atoms with van der Waals surface area (Å²) in [7, 11) is 0. The van der Waals surface area contributed by atoms with Crippen LogP contribution in [0.5, 0.6) is 0 Å². The maximum absolute atomic E-state index is 13.2. The minimum atomic E-state index is -5.24. The molecule has 3 N–H and O–H groups in total. The van der Waals surface area contributed by atoms with Crippen molar-refractivity contribution in [3.8, 4) is 6.07 Å². The minimum Gasteiger partial charge on any atom is -0.363 e. The van der Waals surface area contributed by atoms with E-state index in [1.807, 2.05) is 6.07 Å². The van der Waals surface area contributed by atoms with Crippen LogP contribution in [0.4, 0.5) is 18.0 Å². The molecule has 3 atom stereocenters. The van der Waals surface area contributed by atoms with Gasteiger partial charge in [-0.1, -0.05) is 12.1 Å². The van der Waals surface area contributed by atoms with Crippen molar-refractivity contribution >= 4 is 11.8 Å². The third kappa shape index (κ3) is 2.85. The van der Waals surface area contributed by atoms with Crippen LogP contribution >= 0.6 is 0 Å². The van der Waals surface area contributed by atoms with E-state index in [2.05, 4.69) is 5.32 Å². The first kappa shape index (κ1) is 16.8. The Hall–Kier alpha value is -2.60. The summed E-state index contributed by atoms with van der Waals surface area (Å²) in [5.74, 6) is -2.93. The summed E-state index contributed by atoms with van der Waals surface area (Å²) in [5, 5.41) is 22.3. The molecule has 0 saturated carbocycles. The quantitative estimate of drug-likeness (QED) is 0.763. The van der Waals surface area contributed by atoms with Gasteiger partial charge in [0, 0.05) is 0 Å². The fourth-order valence-electron chi connectivity index (χ4n) is 2.57. The largest absolute Gasteiger partial charge is 0.437 e. The standard InChI is InChI=1S/C14H12F3N3O3/c1-7(21)10-11(9-4-2-8(6-18)3-5-9)19-12(22)20-13(10,23)14(15,16)17/h2-5,10-11,23H,1H3,(H2,19,20,22)/t10-,11+,13+/m1/s1. The van der Waals surface area contributed by atoms with E-state index in [0.29, 0.717) is 0 Å². The molecular weight excluding hydrogens is 315 g/mol.